The minimum Gasteiger partial charge on any atom is -0.371 e. The maximum Gasteiger partial charge on any atom is 0.292 e. The molecule has 0 bridgehead atoms. The molecule has 25 heavy (non-hydrogen) atoms. The molecule has 1 heterocycles. The average Bonchev–Trinajstić information content (AvgIpc) is 3.09. The number of nitro benzene ring substituents is 1. The summed E-state index contributed by atoms with van der Waals surface area (Å²) in [6.45, 7) is 0.661. The van der Waals surface area contributed by atoms with Gasteiger partial charge in [-0.1, -0.05) is 18.6 Å². The number of hydrogen-bond acceptors (Lipinski definition) is 5. The molecule has 7 heteroatoms. The Bertz CT molecular complexity index is 676. The van der Waals surface area contributed by atoms with Crippen LogP contribution in [0.15, 0.2) is 24.3 Å². The Balaban J connectivity index is 1.64. The zero-order chi connectivity index (χ0) is 17.8. The molecule has 7 nitrogen and oxygen atoms in total. The van der Waals surface area contributed by atoms with Crippen LogP contribution < -0.4 is 5.32 Å². The van der Waals surface area contributed by atoms with E-state index in [0.29, 0.717) is 18.7 Å². The van der Waals surface area contributed by atoms with Crippen molar-refractivity contribution < 1.29 is 14.5 Å². The number of carbonyl (C=O) groups is 2. The third kappa shape index (κ3) is 3.81. The van der Waals surface area contributed by atoms with Crippen molar-refractivity contribution in [2.75, 3.05) is 18.4 Å². The van der Waals surface area contributed by atoms with Gasteiger partial charge in [0.1, 0.15) is 11.5 Å². The molecular formula is C18H23N3O4. The number of rotatable bonds is 5. The molecule has 0 radical (unpaired) electrons. The van der Waals surface area contributed by atoms with Crippen LogP contribution in [0.5, 0.6) is 0 Å². The topological polar surface area (TPSA) is 92.6 Å². The highest BCUT2D eigenvalue weighted by molar-refractivity contribution is 5.85. The van der Waals surface area contributed by atoms with Gasteiger partial charge in [-0.05, 0) is 31.7 Å². The van der Waals surface area contributed by atoms with Crippen LogP contribution >= 0.6 is 0 Å². The summed E-state index contributed by atoms with van der Waals surface area (Å²) in [4.78, 5) is 37.2. The van der Waals surface area contributed by atoms with Gasteiger partial charge in [0.2, 0.25) is 5.91 Å². The smallest absolute Gasteiger partial charge is 0.292 e. The maximum atomic E-state index is 12.6. The molecule has 2 fully saturated rings. The van der Waals surface area contributed by atoms with E-state index in [2.05, 4.69) is 5.32 Å². The number of anilines is 1. The van der Waals surface area contributed by atoms with Crippen LogP contribution in [0.25, 0.3) is 0 Å². The van der Waals surface area contributed by atoms with Crippen molar-refractivity contribution in [3.05, 3.63) is 34.4 Å². The second kappa shape index (κ2) is 7.63. The summed E-state index contributed by atoms with van der Waals surface area (Å²) in [5.41, 5.74) is 0.293. The molecule has 1 aromatic carbocycles. The predicted molar refractivity (Wildman–Crippen MR) is 93.3 cm³/mol. The number of nitrogens with zero attached hydrogens (tertiary/aromatic N) is 2. The van der Waals surface area contributed by atoms with Crippen LogP contribution in [-0.4, -0.2) is 40.6 Å². The Kier molecular flexibility index (Phi) is 5.31. The molecule has 1 aromatic rings. The molecule has 0 spiro atoms. The van der Waals surface area contributed by atoms with Gasteiger partial charge in [0, 0.05) is 31.0 Å². The number of nitrogens with one attached hydrogen (secondary N) is 1. The van der Waals surface area contributed by atoms with Gasteiger partial charge in [-0.3, -0.25) is 19.7 Å². The second-order valence-corrected chi connectivity index (χ2v) is 6.74. The summed E-state index contributed by atoms with van der Waals surface area (Å²) in [6, 6.07) is 6.28. The van der Waals surface area contributed by atoms with Crippen LogP contribution in [0.3, 0.4) is 0 Å². The van der Waals surface area contributed by atoms with E-state index in [-0.39, 0.29) is 35.9 Å². The number of hydrogen-bond donors (Lipinski definition) is 1. The zero-order valence-corrected chi connectivity index (χ0v) is 14.1. The summed E-state index contributed by atoms with van der Waals surface area (Å²) < 4.78 is 0. The lowest BCUT2D eigenvalue weighted by Crippen LogP contribution is -2.45. The summed E-state index contributed by atoms with van der Waals surface area (Å²) >= 11 is 0. The van der Waals surface area contributed by atoms with Crippen molar-refractivity contribution in [3.8, 4) is 0 Å². The fourth-order valence-corrected chi connectivity index (χ4v) is 3.99. The minimum atomic E-state index is -0.466. The van der Waals surface area contributed by atoms with E-state index in [0.717, 1.165) is 32.1 Å². The quantitative estimate of drug-likeness (QED) is 0.654. The third-order valence-electron chi connectivity index (χ3n) is 5.22. The molecule has 2 aliphatic rings. The highest BCUT2D eigenvalue weighted by Gasteiger charge is 2.38. The Morgan fingerprint density at radius 1 is 1.24 bits per heavy atom. The molecule has 1 aliphatic carbocycles. The predicted octanol–water partition coefficient (Wildman–Crippen LogP) is 2.76. The highest BCUT2D eigenvalue weighted by Crippen LogP contribution is 2.32. The van der Waals surface area contributed by atoms with Crippen LogP contribution in [0.1, 0.15) is 38.5 Å². The van der Waals surface area contributed by atoms with Gasteiger partial charge in [0.25, 0.3) is 5.69 Å². The number of likely N-dealkylation sites (tertiary alicyclic amines) is 1. The van der Waals surface area contributed by atoms with Crippen LogP contribution in [0, 0.1) is 16.0 Å². The Hall–Kier alpha value is -2.44. The fourth-order valence-electron chi connectivity index (χ4n) is 3.99. The first-order chi connectivity index (χ1) is 12.1. The summed E-state index contributed by atoms with van der Waals surface area (Å²) in [5, 5.41) is 13.9. The first-order valence-electron chi connectivity index (χ1n) is 8.87. The van der Waals surface area contributed by atoms with E-state index in [1.54, 1.807) is 23.1 Å². The second-order valence-electron chi connectivity index (χ2n) is 6.74. The molecule has 1 aliphatic heterocycles. The largest absolute Gasteiger partial charge is 0.371 e. The maximum absolute atomic E-state index is 12.6. The third-order valence-corrected chi connectivity index (χ3v) is 5.22. The molecule has 1 N–H and O–H groups in total. The van der Waals surface area contributed by atoms with Gasteiger partial charge < -0.3 is 10.2 Å². The molecule has 1 saturated carbocycles. The van der Waals surface area contributed by atoms with Crippen LogP contribution in [0.4, 0.5) is 11.4 Å². The number of ketones is 1. The lowest BCUT2D eigenvalue weighted by molar-refractivity contribution is -0.383. The van der Waals surface area contributed by atoms with E-state index in [1.165, 1.54) is 6.07 Å². The van der Waals surface area contributed by atoms with E-state index in [4.69, 9.17) is 0 Å². The molecule has 1 amide bonds. The van der Waals surface area contributed by atoms with E-state index < -0.39 is 4.92 Å². The number of amides is 1. The summed E-state index contributed by atoms with van der Waals surface area (Å²) in [6.07, 6.45) is 5.26. The van der Waals surface area contributed by atoms with E-state index in [9.17, 15) is 19.7 Å². The Morgan fingerprint density at radius 2 is 2.04 bits per heavy atom. The van der Waals surface area contributed by atoms with Crippen LogP contribution in [0.2, 0.25) is 0 Å². The molecule has 134 valence electrons. The summed E-state index contributed by atoms with van der Waals surface area (Å²) in [5.74, 6) is 0.146. The monoisotopic (exact) mass is 345 g/mol. The molecule has 0 aromatic heterocycles. The lowest BCUT2D eigenvalue weighted by atomic mass is 9.82. The van der Waals surface area contributed by atoms with Gasteiger partial charge >= 0.3 is 0 Å². The SMILES string of the molecule is O=C1CCCC[C@H]1[C@H]1CCCN1C(=O)CNc1ccccc1[N+](=O)[O-]. The first-order valence-corrected chi connectivity index (χ1v) is 8.87. The van der Waals surface area contributed by atoms with E-state index in [1.807, 2.05) is 0 Å². The molecule has 0 unspecified atom stereocenters. The highest BCUT2D eigenvalue weighted by atomic mass is 16.6. The van der Waals surface area contributed by atoms with Gasteiger partial charge in [-0.2, -0.15) is 0 Å². The van der Waals surface area contributed by atoms with Gasteiger partial charge in [0.05, 0.1) is 11.5 Å². The number of benzene rings is 1. The molecule has 1 saturated heterocycles. The molecule has 2 atom stereocenters. The summed E-state index contributed by atoms with van der Waals surface area (Å²) in [7, 11) is 0. The van der Waals surface area contributed by atoms with Gasteiger partial charge in [-0.15, -0.1) is 0 Å². The number of carbonyl (C=O) groups excluding carboxylic acids is 2. The van der Waals surface area contributed by atoms with Gasteiger partial charge in [0.15, 0.2) is 0 Å². The van der Waals surface area contributed by atoms with Crippen molar-refractivity contribution in [1.29, 1.82) is 0 Å². The minimum absolute atomic E-state index is 0.00225. The number of Topliss-reactive ketones (excluding diaryl/α,β-unsaturated/α-hetero) is 1. The number of para-hydroxylation sites is 2. The Labute approximate surface area is 146 Å². The first kappa shape index (κ1) is 17.4. The van der Waals surface area contributed by atoms with E-state index >= 15 is 0 Å². The van der Waals surface area contributed by atoms with Crippen LogP contribution in [-0.2, 0) is 9.59 Å². The lowest BCUT2D eigenvalue weighted by Gasteiger charge is -2.33. The molecule has 3 rings (SSSR count). The van der Waals surface area contributed by atoms with Crippen molar-refractivity contribution in [2.45, 2.75) is 44.6 Å². The zero-order valence-electron chi connectivity index (χ0n) is 14.1. The molecular weight excluding hydrogens is 322 g/mol. The van der Waals surface area contributed by atoms with Crippen molar-refractivity contribution in [3.63, 3.8) is 0 Å². The standard InChI is InChI=1S/C18H23N3O4/c22-17-10-4-1-6-13(17)15-9-5-11-20(15)18(23)12-19-14-7-2-3-8-16(14)21(24)25/h2-3,7-8,13,15,19H,1,4-6,9-12H2/t13-,15+/m0/s1. The Morgan fingerprint density at radius 3 is 2.80 bits per heavy atom. The van der Waals surface area contributed by atoms with Gasteiger partial charge in [-0.25, -0.2) is 0 Å². The fraction of sp³-hybridized carbons (Fsp3) is 0.556. The van der Waals surface area contributed by atoms with Crippen molar-refractivity contribution in [2.24, 2.45) is 5.92 Å². The number of nitro groups is 1. The average molecular weight is 345 g/mol. The van der Waals surface area contributed by atoms with Crippen molar-refractivity contribution in [1.82, 2.24) is 4.90 Å². The van der Waals surface area contributed by atoms with Crippen molar-refractivity contribution >= 4 is 23.1 Å². The normalized spacial score (nSPS) is 23.5.